The fraction of sp³-hybridized carbons (Fsp3) is 0.906. The summed E-state index contributed by atoms with van der Waals surface area (Å²) in [5.74, 6) is -2.38. The molecule has 0 aromatic rings. The van der Waals surface area contributed by atoms with E-state index in [1.165, 1.54) is 77.0 Å². The number of phosphoric acid groups is 1. The molecule has 12 heteroatoms. The van der Waals surface area contributed by atoms with Gasteiger partial charge in [-0.15, -0.1) is 0 Å². The molecule has 0 rings (SSSR count). The number of hydrogen-bond donors (Lipinski definition) is 3. The number of carbonyl (C=O) groups excluding carboxylic acids is 2. The third kappa shape index (κ3) is 28.0. The zero-order chi connectivity index (χ0) is 32.9. The van der Waals surface area contributed by atoms with Gasteiger partial charge in [0.25, 0.3) is 0 Å². The van der Waals surface area contributed by atoms with Crippen LogP contribution in [0.15, 0.2) is 0 Å². The predicted molar refractivity (Wildman–Crippen MR) is 171 cm³/mol. The van der Waals surface area contributed by atoms with Crippen molar-refractivity contribution in [3.63, 3.8) is 0 Å². The molecule has 260 valence electrons. The Kier molecular flexibility index (Phi) is 27.9. The maximum atomic E-state index is 12.5. The lowest BCUT2D eigenvalue weighted by Gasteiger charge is -2.20. The van der Waals surface area contributed by atoms with Crippen LogP contribution in [0.5, 0.6) is 0 Å². The van der Waals surface area contributed by atoms with Gasteiger partial charge < -0.3 is 25.2 Å². The van der Waals surface area contributed by atoms with E-state index in [1.807, 2.05) is 0 Å². The number of hydrogen-bond acceptors (Lipinski definition) is 9. The molecule has 0 aliphatic heterocycles. The predicted octanol–water partition coefficient (Wildman–Crippen LogP) is 7.61. The van der Waals surface area contributed by atoms with Crippen molar-refractivity contribution in [1.82, 2.24) is 0 Å². The van der Waals surface area contributed by atoms with E-state index in [0.717, 1.165) is 38.5 Å². The first-order valence-electron chi connectivity index (χ1n) is 17.1. The SMILES string of the molecule is CCCCCCCCCCCCCCC(=O)OC(COC(=O)CCCCCCCCCC)COP(=O)(O)OCC(N)C(=O)O. The van der Waals surface area contributed by atoms with Crippen LogP contribution in [0.2, 0.25) is 0 Å². The van der Waals surface area contributed by atoms with E-state index in [9.17, 15) is 23.8 Å². The quantitative estimate of drug-likeness (QED) is 0.0371. The monoisotopic (exact) mass is 651 g/mol. The van der Waals surface area contributed by atoms with Crippen molar-refractivity contribution in [3.8, 4) is 0 Å². The average molecular weight is 652 g/mol. The van der Waals surface area contributed by atoms with Gasteiger partial charge in [-0.2, -0.15) is 0 Å². The van der Waals surface area contributed by atoms with Gasteiger partial charge in [0.15, 0.2) is 6.10 Å². The first-order chi connectivity index (χ1) is 21.1. The molecule has 0 heterocycles. The number of rotatable bonds is 32. The summed E-state index contributed by atoms with van der Waals surface area (Å²) in [4.78, 5) is 45.4. The van der Waals surface area contributed by atoms with Crippen LogP contribution in [0.3, 0.4) is 0 Å². The second-order valence-electron chi connectivity index (χ2n) is 11.7. The largest absolute Gasteiger partial charge is 0.480 e. The van der Waals surface area contributed by atoms with Crippen LogP contribution in [0.1, 0.15) is 155 Å². The molecule has 4 N–H and O–H groups in total. The number of carboxylic acid groups (broad SMARTS) is 1. The molecule has 0 saturated heterocycles. The van der Waals surface area contributed by atoms with Gasteiger partial charge in [-0.3, -0.25) is 23.4 Å². The van der Waals surface area contributed by atoms with Gasteiger partial charge in [0.2, 0.25) is 0 Å². The van der Waals surface area contributed by atoms with Crippen molar-refractivity contribution in [2.24, 2.45) is 5.73 Å². The maximum Gasteiger partial charge on any atom is 0.472 e. The molecule has 0 saturated carbocycles. The van der Waals surface area contributed by atoms with Gasteiger partial charge in [0, 0.05) is 12.8 Å². The molecule has 44 heavy (non-hydrogen) atoms. The van der Waals surface area contributed by atoms with E-state index in [4.69, 9.17) is 24.8 Å². The minimum atomic E-state index is -4.69. The summed E-state index contributed by atoms with van der Waals surface area (Å²) >= 11 is 0. The fourth-order valence-electron chi connectivity index (χ4n) is 4.59. The summed E-state index contributed by atoms with van der Waals surface area (Å²) in [5.41, 5.74) is 5.29. The lowest BCUT2D eigenvalue weighted by molar-refractivity contribution is -0.161. The average Bonchev–Trinajstić information content (AvgIpc) is 2.99. The Bertz CT molecular complexity index is 782. The summed E-state index contributed by atoms with van der Waals surface area (Å²) < 4.78 is 32.4. The Labute approximate surface area is 265 Å². The molecule has 0 aliphatic carbocycles. The van der Waals surface area contributed by atoms with Crippen LogP contribution in [0.4, 0.5) is 0 Å². The third-order valence-corrected chi connectivity index (χ3v) is 8.31. The number of nitrogens with two attached hydrogens (primary N) is 1. The normalized spacial score (nSPS) is 14.1. The Morgan fingerprint density at radius 3 is 1.43 bits per heavy atom. The van der Waals surface area contributed by atoms with Crippen molar-refractivity contribution < 1.29 is 47.5 Å². The molecule has 0 amide bonds. The van der Waals surface area contributed by atoms with Crippen molar-refractivity contribution in [2.45, 2.75) is 167 Å². The summed E-state index contributed by atoms with van der Waals surface area (Å²) in [6, 6.07) is -1.51. The molecule has 11 nitrogen and oxygen atoms in total. The van der Waals surface area contributed by atoms with Gasteiger partial charge in [0.05, 0.1) is 13.2 Å². The van der Waals surface area contributed by atoms with Crippen LogP contribution < -0.4 is 5.73 Å². The van der Waals surface area contributed by atoms with Crippen LogP contribution in [0.25, 0.3) is 0 Å². The highest BCUT2D eigenvalue weighted by molar-refractivity contribution is 7.47. The zero-order valence-corrected chi connectivity index (χ0v) is 28.4. The Balaban J connectivity index is 4.48. The molecule has 3 atom stereocenters. The Morgan fingerprint density at radius 2 is 1.00 bits per heavy atom. The number of phosphoric ester groups is 1. The van der Waals surface area contributed by atoms with E-state index in [2.05, 4.69) is 18.4 Å². The molecule has 3 unspecified atom stereocenters. The molecule has 0 bridgehead atoms. The van der Waals surface area contributed by atoms with Crippen molar-refractivity contribution >= 4 is 25.7 Å². The van der Waals surface area contributed by atoms with E-state index in [0.29, 0.717) is 12.8 Å². The van der Waals surface area contributed by atoms with Gasteiger partial charge in [-0.05, 0) is 12.8 Å². The second kappa shape index (κ2) is 28.9. The summed E-state index contributed by atoms with van der Waals surface area (Å²) in [7, 11) is -4.69. The minimum absolute atomic E-state index is 0.168. The lowest BCUT2D eigenvalue weighted by Crippen LogP contribution is -2.34. The highest BCUT2D eigenvalue weighted by Gasteiger charge is 2.28. The maximum absolute atomic E-state index is 12.5. The number of carboxylic acids is 1. The lowest BCUT2D eigenvalue weighted by atomic mass is 10.0. The second-order valence-corrected chi connectivity index (χ2v) is 13.1. The summed E-state index contributed by atoms with van der Waals surface area (Å²) in [6.07, 6.45) is 21.9. The molecule has 0 fully saturated rings. The number of aliphatic carboxylic acids is 1. The van der Waals surface area contributed by atoms with Gasteiger partial charge in [0.1, 0.15) is 12.6 Å². The highest BCUT2D eigenvalue weighted by Crippen LogP contribution is 2.43. The Morgan fingerprint density at radius 1 is 0.614 bits per heavy atom. The van der Waals surface area contributed by atoms with Crippen molar-refractivity contribution in [1.29, 1.82) is 0 Å². The first kappa shape index (κ1) is 42.5. The minimum Gasteiger partial charge on any atom is -0.480 e. The molecule has 0 aromatic carbocycles. The third-order valence-electron chi connectivity index (χ3n) is 7.36. The van der Waals surface area contributed by atoms with Crippen LogP contribution in [-0.4, -0.2) is 59.9 Å². The van der Waals surface area contributed by atoms with Gasteiger partial charge in [-0.25, -0.2) is 4.57 Å². The van der Waals surface area contributed by atoms with E-state index in [-0.39, 0.29) is 19.4 Å². The molecule has 0 spiro atoms. The van der Waals surface area contributed by atoms with E-state index >= 15 is 0 Å². The highest BCUT2D eigenvalue weighted by atomic mass is 31.2. The number of unbranched alkanes of at least 4 members (excludes halogenated alkanes) is 18. The molecule has 0 aromatic heterocycles. The van der Waals surface area contributed by atoms with Crippen molar-refractivity contribution in [3.05, 3.63) is 0 Å². The topological polar surface area (TPSA) is 172 Å². The van der Waals surface area contributed by atoms with Gasteiger partial charge in [-0.1, -0.05) is 129 Å². The van der Waals surface area contributed by atoms with Crippen LogP contribution >= 0.6 is 7.82 Å². The smallest absolute Gasteiger partial charge is 0.472 e. The molecule has 0 aliphatic rings. The first-order valence-corrected chi connectivity index (χ1v) is 18.6. The summed E-state index contributed by atoms with van der Waals surface area (Å²) in [6.45, 7) is 2.73. The van der Waals surface area contributed by atoms with E-state index in [1.54, 1.807) is 0 Å². The van der Waals surface area contributed by atoms with Crippen LogP contribution in [0, 0.1) is 0 Å². The molecular weight excluding hydrogens is 589 g/mol. The molecular formula is C32H62NO10P. The summed E-state index contributed by atoms with van der Waals surface area (Å²) in [5, 5.41) is 8.82. The van der Waals surface area contributed by atoms with E-state index < -0.39 is 51.1 Å². The Hall–Kier alpha value is -1.52. The standard InChI is InChI=1S/C32H62NO10P/c1-3-5-7-9-11-13-14-15-16-18-20-22-24-31(35)43-28(26-41-44(38,39)42-27-29(33)32(36)37)25-40-30(34)23-21-19-17-12-10-8-6-4-2/h28-29H,3-27,33H2,1-2H3,(H,36,37)(H,38,39). The zero-order valence-electron chi connectivity index (χ0n) is 27.5. The number of carbonyl (C=O) groups is 3. The van der Waals surface area contributed by atoms with Gasteiger partial charge >= 0.3 is 25.7 Å². The fourth-order valence-corrected chi connectivity index (χ4v) is 5.37. The number of esters is 2. The molecule has 0 radical (unpaired) electrons. The van der Waals surface area contributed by atoms with Crippen LogP contribution in [-0.2, 0) is 37.5 Å². The number of ether oxygens (including phenoxy) is 2. The van der Waals surface area contributed by atoms with Crippen molar-refractivity contribution in [2.75, 3.05) is 19.8 Å².